The zero-order valence-corrected chi connectivity index (χ0v) is 18.9. The average molecular weight is 460 g/mol. The van der Waals surface area contributed by atoms with Crippen molar-refractivity contribution in [2.45, 2.75) is 6.92 Å². The summed E-state index contributed by atoms with van der Waals surface area (Å²) in [6, 6.07) is 13.2. The number of nitrogens with one attached hydrogen (secondary N) is 1. The summed E-state index contributed by atoms with van der Waals surface area (Å²) in [5.41, 5.74) is 0.765. The van der Waals surface area contributed by atoms with Crippen molar-refractivity contribution in [1.29, 1.82) is 5.26 Å². The summed E-state index contributed by atoms with van der Waals surface area (Å²) in [5, 5.41) is 20.0. The molecule has 0 saturated heterocycles. The second-order valence-corrected chi connectivity index (χ2v) is 7.77. The lowest BCUT2D eigenvalue weighted by Gasteiger charge is -2.15. The first-order chi connectivity index (χ1) is 16.2. The molecular weight excluding hydrogens is 439 g/mol. The summed E-state index contributed by atoms with van der Waals surface area (Å²) in [4.78, 5) is 21.4. The third kappa shape index (κ3) is 3.86. The lowest BCUT2D eigenvalue weighted by atomic mass is 10.1. The van der Waals surface area contributed by atoms with Gasteiger partial charge in [0, 0.05) is 25.7 Å². The van der Waals surface area contributed by atoms with Gasteiger partial charge in [-0.05, 0) is 31.2 Å². The van der Waals surface area contributed by atoms with Gasteiger partial charge in [0.2, 0.25) is 11.2 Å². The van der Waals surface area contributed by atoms with Crippen LogP contribution in [0.3, 0.4) is 0 Å². The smallest absolute Gasteiger partial charge is 0.227 e. The van der Waals surface area contributed by atoms with E-state index in [1.54, 1.807) is 56.3 Å². The molecule has 0 bridgehead atoms. The van der Waals surface area contributed by atoms with Gasteiger partial charge in [0.15, 0.2) is 11.6 Å². The van der Waals surface area contributed by atoms with Gasteiger partial charge in [-0.1, -0.05) is 12.1 Å². The second kappa shape index (κ2) is 8.75. The normalized spacial score (nSPS) is 10.7. The average Bonchev–Trinajstić information content (AvgIpc) is 3.26. The van der Waals surface area contributed by atoms with Crippen molar-refractivity contribution >= 4 is 5.69 Å². The lowest BCUT2D eigenvalue weighted by Crippen LogP contribution is -2.11. The maximum absolute atomic E-state index is 15.4. The summed E-state index contributed by atoms with van der Waals surface area (Å²) >= 11 is 0. The van der Waals surface area contributed by atoms with E-state index in [1.807, 2.05) is 6.07 Å². The van der Waals surface area contributed by atoms with E-state index in [0.29, 0.717) is 22.7 Å². The Morgan fingerprint density at radius 2 is 2.00 bits per heavy atom. The summed E-state index contributed by atoms with van der Waals surface area (Å²) in [5.74, 6) is -0.565. The van der Waals surface area contributed by atoms with Crippen LogP contribution in [0.1, 0.15) is 11.3 Å². The fourth-order valence-corrected chi connectivity index (χ4v) is 3.65. The molecule has 0 radical (unpaired) electrons. The number of nitrogens with zero attached hydrogens (tertiary/aromatic N) is 3. The first kappa shape index (κ1) is 22.6. The third-order valence-corrected chi connectivity index (χ3v) is 5.29. The number of rotatable bonds is 5. The first-order valence-electron chi connectivity index (χ1n) is 10.2. The molecule has 0 fully saturated rings. The van der Waals surface area contributed by atoms with Gasteiger partial charge in [0.1, 0.15) is 40.4 Å². The van der Waals surface area contributed by atoms with Crippen LogP contribution in [-0.2, 0) is 0 Å². The van der Waals surface area contributed by atoms with E-state index in [0.717, 1.165) is 0 Å². The second-order valence-electron chi connectivity index (χ2n) is 7.77. The van der Waals surface area contributed by atoms with Crippen LogP contribution >= 0.6 is 0 Å². The van der Waals surface area contributed by atoms with Crippen LogP contribution in [0.25, 0.3) is 34.1 Å². The summed E-state index contributed by atoms with van der Waals surface area (Å²) in [7, 11) is 4.94. The Balaban J connectivity index is 2.02. The Morgan fingerprint density at radius 1 is 1.24 bits per heavy atom. The number of aromatic amines is 1. The van der Waals surface area contributed by atoms with Crippen LogP contribution in [0.5, 0.6) is 11.5 Å². The van der Waals surface area contributed by atoms with Gasteiger partial charge in [0.05, 0.1) is 18.4 Å². The maximum atomic E-state index is 15.4. The molecule has 2 heterocycles. The molecule has 4 aromatic rings. The van der Waals surface area contributed by atoms with Gasteiger partial charge in [-0.2, -0.15) is 5.26 Å². The highest BCUT2D eigenvalue weighted by Gasteiger charge is 2.24. The highest BCUT2D eigenvalue weighted by molar-refractivity contribution is 5.82. The van der Waals surface area contributed by atoms with Crippen molar-refractivity contribution in [2.24, 2.45) is 0 Å². The quantitative estimate of drug-likeness (QED) is 0.452. The molecule has 0 unspecified atom stereocenters. The number of H-pyrrole nitrogens is 1. The summed E-state index contributed by atoms with van der Waals surface area (Å²) < 4.78 is 26.4. The van der Waals surface area contributed by atoms with Crippen molar-refractivity contribution < 1.29 is 18.7 Å². The minimum absolute atomic E-state index is 0.0482. The standard InChI is InChI=1S/C25H21FN4O4/c1-13-10-19(31)23(32)24(34-13)22-21(14-6-5-7-15(11-14)33-4)28-25(29-22)16-8-9-18(30(2)3)17(12-27)20(16)26/h5-11,32H,1-4H3,(H,28,29). The number of benzene rings is 2. The molecule has 0 amide bonds. The Morgan fingerprint density at radius 3 is 2.68 bits per heavy atom. The van der Waals surface area contributed by atoms with E-state index in [1.165, 1.54) is 19.2 Å². The Hall–Kier alpha value is -4.58. The minimum atomic E-state index is -0.749. The molecule has 2 aromatic carbocycles. The molecule has 0 saturated carbocycles. The zero-order valence-electron chi connectivity index (χ0n) is 18.9. The largest absolute Gasteiger partial charge is 0.501 e. The number of hydrogen-bond donors (Lipinski definition) is 2. The molecule has 34 heavy (non-hydrogen) atoms. The van der Waals surface area contributed by atoms with Crippen LogP contribution in [0, 0.1) is 24.1 Å². The predicted molar refractivity (Wildman–Crippen MR) is 125 cm³/mol. The minimum Gasteiger partial charge on any atom is -0.501 e. The fraction of sp³-hybridized carbons (Fsp3) is 0.160. The topological polar surface area (TPSA) is 115 Å². The molecule has 4 rings (SSSR count). The van der Waals surface area contributed by atoms with E-state index >= 15 is 4.39 Å². The van der Waals surface area contributed by atoms with E-state index in [9.17, 15) is 15.2 Å². The number of methoxy groups -OCH3 is 1. The zero-order chi connectivity index (χ0) is 24.6. The molecule has 172 valence electrons. The molecule has 0 aliphatic rings. The Bertz CT molecular complexity index is 1500. The molecule has 2 aromatic heterocycles. The van der Waals surface area contributed by atoms with Crippen molar-refractivity contribution in [3.8, 4) is 51.7 Å². The van der Waals surface area contributed by atoms with Crippen LogP contribution in [-0.4, -0.2) is 36.3 Å². The van der Waals surface area contributed by atoms with Gasteiger partial charge in [-0.25, -0.2) is 9.37 Å². The SMILES string of the molecule is COc1cccc(-c2nc(-c3ccc(N(C)C)c(C#N)c3F)[nH]c2-c2oc(C)cc(=O)c2O)c1. The van der Waals surface area contributed by atoms with Crippen molar-refractivity contribution in [3.05, 3.63) is 69.8 Å². The van der Waals surface area contributed by atoms with Crippen LogP contribution in [0.2, 0.25) is 0 Å². The molecule has 0 aliphatic carbocycles. The maximum Gasteiger partial charge on any atom is 0.227 e. The summed E-state index contributed by atoms with van der Waals surface area (Å²) in [6.07, 6.45) is 0. The van der Waals surface area contributed by atoms with E-state index in [-0.39, 0.29) is 34.2 Å². The van der Waals surface area contributed by atoms with Crippen molar-refractivity contribution in [2.75, 3.05) is 26.1 Å². The van der Waals surface area contributed by atoms with E-state index in [2.05, 4.69) is 9.97 Å². The highest BCUT2D eigenvalue weighted by Crippen LogP contribution is 2.38. The third-order valence-electron chi connectivity index (χ3n) is 5.29. The van der Waals surface area contributed by atoms with Gasteiger partial charge in [0.25, 0.3) is 0 Å². The molecule has 0 spiro atoms. The fourth-order valence-electron chi connectivity index (χ4n) is 3.65. The molecule has 8 nitrogen and oxygen atoms in total. The van der Waals surface area contributed by atoms with Gasteiger partial charge in [-0.15, -0.1) is 0 Å². The number of hydrogen-bond acceptors (Lipinski definition) is 7. The monoisotopic (exact) mass is 460 g/mol. The lowest BCUT2D eigenvalue weighted by molar-refractivity contribution is 0.415. The Labute approximate surface area is 194 Å². The Kier molecular flexibility index (Phi) is 5.82. The van der Waals surface area contributed by atoms with E-state index < -0.39 is 17.0 Å². The number of ether oxygens (including phenoxy) is 1. The van der Waals surface area contributed by atoms with Crippen LogP contribution in [0.15, 0.2) is 51.7 Å². The van der Waals surface area contributed by atoms with Crippen LogP contribution in [0.4, 0.5) is 10.1 Å². The van der Waals surface area contributed by atoms with Crippen molar-refractivity contribution in [1.82, 2.24) is 9.97 Å². The van der Waals surface area contributed by atoms with Crippen molar-refractivity contribution in [3.63, 3.8) is 0 Å². The van der Waals surface area contributed by atoms with Gasteiger partial charge in [-0.3, -0.25) is 4.79 Å². The summed E-state index contributed by atoms with van der Waals surface area (Å²) in [6.45, 7) is 1.58. The van der Waals surface area contributed by atoms with Gasteiger partial charge >= 0.3 is 0 Å². The number of aromatic hydroxyl groups is 1. The molecular formula is C25H21FN4O4. The van der Waals surface area contributed by atoms with Crippen LogP contribution < -0.4 is 15.1 Å². The number of aromatic nitrogens is 2. The number of anilines is 1. The molecule has 0 aliphatic heterocycles. The number of halogens is 1. The molecule has 9 heteroatoms. The number of aryl methyl sites for hydroxylation is 1. The predicted octanol–water partition coefficient (Wildman–Crippen LogP) is 4.46. The van der Waals surface area contributed by atoms with E-state index in [4.69, 9.17) is 9.15 Å². The van der Waals surface area contributed by atoms with Gasteiger partial charge < -0.3 is 24.1 Å². The molecule has 2 N–H and O–H groups in total. The first-order valence-corrected chi connectivity index (χ1v) is 10.2. The number of imidazole rings is 1. The molecule has 0 atom stereocenters. The number of nitriles is 1. The highest BCUT2D eigenvalue weighted by atomic mass is 19.1.